The Balaban J connectivity index is 2.03. The average Bonchev–Trinajstić information content (AvgIpc) is 3.42. The average molecular weight is 1120 g/mol. The Kier molecular flexibility index (Phi) is 34.4. The number of nitrogen functional groups attached to an aromatic ring is 2. The number of carbonyl (C=O) groups is 3. The quantitative estimate of drug-likeness (QED) is 0.0167. The van der Waals surface area contributed by atoms with Gasteiger partial charge in [-0.05, 0) is 102 Å². The van der Waals surface area contributed by atoms with Crippen LogP contribution in [0.4, 0.5) is 11.6 Å². The third-order valence-corrected chi connectivity index (χ3v) is 12.6. The van der Waals surface area contributed by atoms with Gasteiger partial charge in [0.1, 0.15) is 49.0 Å². The summed E-state index contributed by atoms with van der Waals surface area (Å²) in [5, 5.41) is 113. The molecular formula is C48H87ClN14O14. The summed E-state index contributed by atoms with van der Waals surface area (Å²) in [5.74, 6) is -1.25. The minimum atomic E-state index is -1.82. The van der Waals surface area contributed by atoms with Gasteiger partial charge in [-0.1, -0.05) is 36.6 Å². The zero-order valence-corrected chi connectivity index (χ0v) is 44.5. The van der Waals surface area contributed by atoms with Crippen LogP contribution < -0.4 is 60.0 Å². The first-order valence-electron chi connectivity index (χ1n) is 26.0. The van der Waals surface area contributed by atoms with Crippen LogP contribution in [0.15, 0.2) is 29.3 Å². The number of ether oxygens (including phenoxy) is 1. The number of guanidine groups is 1. The summed E-state index contributed by atoms with van der Waals surface area (Å²) in [4.78, 5) is 53.1. The number of aliphatic hydroxyl groups excluding tert-OH is 10. The second-order valence-electron chi connectivity index (χ2n) is 18.5. The van der Waals surface area contributed by atoms with Crippen molar-refractivity contribution in [2.75, 3.05) is 96.7 Å². The van der Waals surface area contributed by atoms with E-state index in [0.717, 1.165) is 18.4 Å². The second kappa shape index (κ2) is 38.8. The van der Waals surface area contributed by atoms with Crippen molar-refractivity contribution in [2.45, 2.75) is 132 Å². The summed E-state index contributed by atoms with van der Waals surface area (Å²) >= 11 is 5.86. The maximum Gasteiger partial charge on any atom is 0.280 e. The number of unbranched alkanes of at least 4 members (excludes halogenated alkanes) is 3. The number of amides is 3. The van der Waals surface area contributed by atoms with Gasteiger partial charge in [-0.2, -0.15) is 0 Å². The predicted molar refractivity (Wildman–Crippen MR) is 288 cm³/mol. The van der Waals surface area contributed by atoms with Crippen molar-refractivity contribution < 1.29 is 70.2 Å². The molecule has 77 heavy (non-hydrogen) atoms. The molecule has 10 atom stereocenters. The van der Waals surface area contributed by atoms with Gasteiger partial charge in [0.05, 0.1) is 37.5 Å². The lowest BCUT2D eigenvalue weighted by Gasteiger charge is -2.27. The van der Waals surface area contributed by atoms with Crippen LogP contribution in [0.1, 0.15) is 80.3 Å². The highest BCUT2D eigenvalue weighted by molar-refractivity contribution is 6.31. The first-order valence-corrected chi connectivity index (χ1v) is 26.4. The number of rotatable bonds is 42. The van der Waals surface area contributed by atoms with E-state index >= 15 is 0 Å². The number of aryl methyl sites for hydroxylation is 1. The van der Waals surface area contributed by atoms with Gasteiger partial charge in [-0.25, -0.2) is 9.97 Å². The number of anilines is 2. The van der Waals surface area contributed by atoms with Crippen LogP contribution in [0.2, 0.25) is 5.15 Å². The smallest absolute Gasteiger partial charge is 0.280 e. The van der Waals surface area contributed by atoms with Crippen molar-refractivity contribution in [1.29, 1.82) is 0 Å². The Bertz CT molecular complexity index is 1940. The van der Waals surface area contributed by atoms with Gasteiger partial charge in [0, 0.05) is 39.3 Å². The molecule has 0 spiro atoms. The maximum absolute atomic E-state index is 13.4. The van der Waals surface area contributed by atoms with Gasteiger partial charge in [0.25, 0.3) is 5.91 Å². The summed E-state index contributed by atoms with van der Waals surface area (Å²) in [6.07, 6.45) is -7.33. The fourth-order valence-electron chi connectivity index (χ4n) is 7.65. The number of nitrogens with one attached hydrogen (secondary N) is 5. The second-order valence-corrected chi connectivity index (χ2v) is 18.9. The van der Waals surface area contributed by atoms with Crippen LogP contribution >= 0.6 is 11.6 Å². The van der Waals surface area contributed by atoms with E-state index in [9.17, 15) is 55.2 Å². The number of carbonyl (C=O) groups excluding carboxylic acids is 3. The third kappa shape index (κ3) is 26.7. The molecule has 1 aromatic carbocycles. The molecule has 1 aromatic heterocycles. The van der Waals surface area contributed by atoms with E-state index in [4.69, 9.17) is 55.2 Å². The number of benzene rings is 1. The molecule has 28 nitrogen and oxygen atoms in total. The molecule has 0 bridgehead atoms. The molecular weight excluding hydrogens is 1030 g/mol. The monoisotopic (exact) mass is 1120 g/mol. The molecule has 2 rings (SSSR count). The third-order valence-electron chi connectivity index (χ3n) is 12.3. The van der Waals surface area contributed by atoms with Crippen LogP contribution in [-0.4, -0.2) is 236 Å². The van der Waals surface area contributed by atoms with E-state index in [1.54, 1.807) is 0 Å². The number of aliphatic hydroxyl groups is 10. The molecule has 0 saturated heterocycles. The number of hydrogen-bond donors (Lipinski definition) is 20. The SMILES string of the molecule is NCCCC[C@H](NC[C@H](O)[C@@H](O)[C@H](O)[C@H](O)CO)C(=O)NCCCN(CCCNC(=O)[C@H](CCCCN)NC[C@H](O)[C@@H](O)[C@H](O)[C@H](O)CO)CCOc1ccc(CCCCN=C(N)NC(=O)c2nc(Cl)c(N)nc2N)cc1. The normalized spacial score (nSPS) is 15.9. The van der Waals surface area contributed by atoms with Gasteiger partial charge < -0.3 is 106 Å². The van der Waals surface area contributed by atoms with Crippen LogP contribution in [0.3, 0.4) is 0 Å². The Morgan fingerprint density at radius 2 is 1.14 bits per heavy atom. The number of aromatic nitrogens is 2. The number of aliphatic imine (C=N–C) groups is 1. The van der Waals surface area contributed by atoms with Gasteiger partial charge >= 0.3 is 0 Å². The minimum absolute atomic E-state index is 0.111. The van der Waals surface area contributed by atoms with Crippen molar-refractivity contribution in [3.8, 4) is 5.75 Å². The van der Waals surface area contributed by atoms with Crippen LogP contribution in [0.5, 0.6) is 5.75 Å². The van der Waals surface area contributed by atoms with E-state index in [1.165, 1.54) is 0 Å². The summed E-state index contributed by atoms with van der Waals surface area (Å²) in [5.41, 5.74) is 29.3. The van der Waals surface area contributed by atoms with Crippen LogP contribution in [0, 0.1) is 0 Å². The molecule has 0 unspecified atom stereocenters. The first kappa shape index (κ1) is 68.4. The zero-order chi connectivity index (χ0) is 57.3. The summed E-state index contributed by atoms with van der Waals surface area (Å²) < 4.78 is 6.11. The number of halogens is 1. The fraction of sp³-hybridized carbons (Fsp3) is 0.708. The van der Waals surface area contributed by atoms with E-state index in [1.807, 2.05) is 24.3 Å². The lowest BCUT2D eigenvalue weighted by molar-refractivity contribution is -0.125. The highest BCUT2D eigenvalue weighted by atomic mass is 35.5. The van der Waals surface area contributed by atoms with Crippen molar-refractivity contribution in [2.24, 2.45) is 22.2 Å². The molecule has 0 saturated carbocycles. The molecule has 0 aliphatic carbocycles. The summed E-state index contributed by atoms with van der Waals surface area (Å²) in [6.45, 7) is 1.24. The minimum Gasteiger partial charge on any atom is -0.492 e. The summed E-state index contributed by atoms with van der Waals surface area (Å²) in [7, 11) is 0. The number of hydrogen-bond acceptors (Lipinski definition) is 24. The molecule has 1 heterocycles. The van der Waals surface area contributed by atoms with Gasteiger partial charge in [-0.15, -0.1) is 0 Å². The molecule has 0 fully saturated rings. The molecule has 440 valence electrons. The van der Waals surface area contributed by atoms with E-state index < -0.39 is 80.0 Å². The topological polar surface area (TPSA) is 494 Å². The maximum atomic E-state index is 13.4. The van der Waals surface area contributed by atoms with Crippen LogP contribution in [-0.2, 0) is 16.0 Å². The zero-order valence-electron chi connectivity index (χ0n) is 43.7. The number of nitrogens with two attached hydrogens (primary N) is 5. The standard InChI is InChI=1S/C48H87ClN14O14/c49-42-44(53)61-43(52)37(60-42)47(76)62-48(54)57-18-6-3-9-29-12-14-30(15-13-29)77-24-23-63(21-7-19-55-45(74)31(10-1-4-16-50)58-25-33(66)38(70)40(72)35(68)27-64)22-8-20-56-46(75)32(11-2-5-17-51)59-26-34(67)39(71)41(73)36(69)28-65/h12-15,31-36,38-41,58-59,64-73H,1-11,16-28,50-51H2,(H,55,74)(H,56,75)(H4,52,53,61)(H3,54,57,62,76)/t31-,32-,33-,34-,35+,36+,38+,39+,40+,41+/m0/s1. The molecule has 0 aliphatic rings. The molecule has 2 aromatic rings. The van der Waals surface area contributed by atoms with Gasteiger partial charge in [0.2, 0.25) is 11.8 Å². The first-order chi connectivity index (χ1) is 36.8. The van der Waals surface area contributed by atoms with E-state index in [-0.39, 0.29) is 66.4 Å². The van der Waals surface area contributed by atoms with Gasteiger partial charge in [0.15, 0.2) is 28.4 Å². The highest BCUT2D eigenvalue weighted by Gasteiger charge is 2.32. The molecule has 29 heteroatoms. The van der Waals surface area contributed by atoms with Crippen molar-refractivity contribution in [3.63, 3.8) is 0 Å². The van der Waals surface area contributed by atoms with E-state index in [0.29, 0.717) is 109 Å². The highest BCUT2D eigenvalue weighted by Crippen LogP contribution is 2.18. The fourth-order valence-corrected chi connectivity index (χ4v) is 7.78. The Morgan fingerprint density at radius 1 is 0.649 bits per heavy atom. The molecule has 25 N–H and O–H groups in total. The van der Waals surface area contributed by atoms with Crippen molar-refractivity contribution in [1.82, 2.24) is 41.5 Å². The van der Waals surface area contributed by atoms with Gasteiger partial charge in [-0.3, -0.25) is 29.6 Å². The van der Waals surface area contributed by atoms with Crippen LogP contribution in [0.25, 0.3) is 0 Å². The largest absolute Gasteiger partial charge is 0.492 e. The summed E-state index contributed by atoms with van der Waals surface area (Å²) in [6, 6.07) is 6.08. The van der Waals surface area contributed by atoms with Crippen molar-refractivity contribution in [3.05, 3.63) is 40.7 Å². The molecule has 3 amide bonds. The van der Waals surface area contributed by atoms with Crippen molar-refractivity contribution >= 4 is 46.9 Å². The predicted octanol–water partition coefficient (Wildman–Crippen LogP) is -5.90. The van der Waals surface area contributed by atoms with E-state index in [2.05, 4.69) is 46.4 Å². The lowest BCUT2D eigenvalue weighted by Crippen LogP contribution is -2.52. The molecule has 0 aliphatic heterocycles. The lowest BCUT2D eigenvalue weighted by atomic mass is 10.0. The number of nitrogens with zero attached hydrogens (tertiary/aromatic N) is 4. The Labute approximate surface area is 454 Å². The Morgan fingerprint density at radius 3 is 1.62 bits per heavy atom. The Hall–Kier alpha value is -4.73. The molecule has 0 radical (unpaired) electrons.